The number of nitrogens with one attached hydrogen (secondary N) is 1. The van der Waals surface area contributed by atoms with Crippen LogP contribution in [0.15, 0.2) is 27.8 Å². The van der Waals surface area contributed by atoms with Crippen molar-refractivity contribution in [2.45, 2.75) is 33.4 Å². The second kappa shape index (κ2) is 9.53. The SMILES string of the molecule is CCNC(=O)[C@@H](C)n1c(=O)c2c(C)c(I)sc2n(CC(=O)c2cc(F)ccc2OC)c1=O. The van der Waals surface area contributed by atoms with Crippen molar-refractivity contribution in [3.63, 3.8) is 0 Å². The van der Waals surface area contributed by atoms with E-state index in [-0.39, 0.29) is 16.7 Å². The number of hydrogen-bond acceptors (Lipinski definition) is 6. The van der Waals surface area contributed by atoms with Gasteiger partial charge in [0.05, 0.1) is 27.5 Å². The first-order valence-electron chi connectivity index (χ1n) is 9.70. The zero-order valence-corrected chi connectivity index (χ0v) is 20.8. The number of hydrogen-bond donors (Lipinski definition) is 1. The van der Waals surface area contributed by atoms with Crippen molar-refractivity contribution in [1.29, 1.82) is 0 Å². The number of rotatable bonds is 7. The van der Waals surface area contributed by atoms with E-state index in [2.05, 4.69) is 27.9 Å². The Balaban J connectivity index is 2.25. The van der Waals surface area contributed by atoms with Crippen molar-refractivity contribution >= 4 is 55.8 Å². The van der Waals surface area contributed by atoms with Crippen LogP contribution in [0.1, 0.15) is 35.8 Å². The highest BCUT2D eigenvalue weighted by molar-refractivity contribution is 14.1. The second-order valence-electron chi connectivity index (χ2n) is 7.06. The first-order chi connectivity index (χ1) is 15.1. The number of nitrogens with zero attached hydrogens (tertiary/aromatic N) is 2. The minimum atomic E-state index is -1.08. The Morgan fingerprint density at radius 3 is 2.62 bits per heavy atom. The number of ketones is 1. The smallest absolute Gasteiger partial charge is 0.333 e. The van der Waals surface area contributed by atoms with Crippen LogP contribution in [0.25, 0.3) is 10.2 Å². The summed E-state index contributed by atoms with van der Waals surface area (Å²) in [6.07, 6.45) is 0. The van der Waals surface area contributed by atoms with Crippen LogP contribution in [0, 0.1) is 15.6 Å². The molecule has 2 aromatic heterocycles. The van der Waals surface area contributed by atoms with Gasteiger partial charge in [-0.25, -0.2) is 13.8 Å². The van der Waals surface area contributed by atoms with E-state index in [1.165, 1.54) is 42.1 Å². The maximum atomic E-state index is 13.8. The highest BCUT2D eigenvalue weighted by Crippen LogP contribution is 2.29. The van der Waals surface area contributed by atoms with Crippen LogP contribution in [0.5, 0.6) is 5.75 Å². The quantitative estimate of drug-likeness (QED) is 0.347. The van der Waals surface area contributed by atoms with Gasteiger partial charge in [-0.05, 0) is 67.1 Å². The number of aromatic nitrogens is 2. The van der Waals surface area contributed by atoms with Gasteiger partial charge in [-0.1, -0.05) is 0 Å². The number of methoxy groups -OCH3 is 1. The number of halogens is 2. The van der Waals surface area contributed by atoms with E-state index in [0.717, 1.165) is 13.5 Å². The molecule has 3 aromatic rings. The molecule has 1 atom stereocenters. The molecular formula is C21H21FIN3O5S. The highest BCUT2D eigenvalue weighted by atomic mass is 127. The van der Waals surface area contributed by atoms with E-state index < -0.39 is 41.3 Å². The minimum absolute atomic E-state index is 0.0231. The monoisotopic (exact) mass is 573 g/mol. The summed E-state index contributed by atoms with van der Waals surface area (Å²) in [5.41, 5.74) is -0.739. The molecule has 0 aliphatic carbocycles. The molecule has 1 amide bonds. The number of Topliss-reactive ketones (excluding diaryl/α,β-unsaturated/α-hetero) is 1. The predicted molar refractivity (Wildman–Crippen MR) is 128 cm³/mol. The fourth-order valence-corrected chi connectivity index (χ4v) is 5.30. The number of thiophene rings is 1. The van der Waals surface area contributed by atoms with Crippen LogP contribution < -0.4 is 21.3 Å². The first-order valence-corrected chi connectivity index (χ1v) is 11.6. The van der Waals surface area contributed by atoms with Gasteiger partial charge in [0.1, 0.15) is 22.4 Å². The predicted octanol–water partition coefficient (Wildman–Crippen LogP) is 2.87. The molecule has 0 radical (unpaired) electrons. The lowest BCUT2D eigenvalue weighted by molar-refractivity contribution is -0.123. The molecule has 3 rings (SSSR count). The third-order valence-electron chi connectivity index (χ3n) is 5.07. The van der Waals surface area contributed by atoms with Crippen LogP contribution in [-0.4, -0.2) is 34.5 Å². The van der Waals surface area contributed by atoms with E-state index in [4.69, 9.17) is 4.74 Å². The molecule has 0 spiro atoms. The van der Waals surface area contributed by atoms with Gasteiger partial charge in [-0.15, -0.1) is 11.3 Å². The van der Waals surface area contributed by atoms with Crippen molar-refractivity contribution in [3.8, 4) is 5.75 Å². The fourth-order valence-electron chi connectivity index (χ4n) is 3.38. The number of carbonyl (C=O) groups excluding carboxylic acids is 2. The van der Waals surface area contributed by atoms with Crippen molar-refractivity contribution in [3.05, 3.63) is 58.9 Å². The molecule has 170 valence electrons. The van der Waals surface area contributed by atoms with Crippen molar-refractivity contribution in [2.24, 2.45) is 0 Å². The molecule has 11 heteroatoms. The Kier molecular flexibility index (Phi) is 7.18. The van der Waals surface area contributed by atoms with Gasteiger partial charge in [0, 0.05) is 6.54 Å². The lowest BCUT2D eigenvalue weighted by Gasteiger charge is -2.17. The molecule has 32 heavy (non-hydrogen) atoms. The molecule has 0 saturated heterocycles. The highest BCUT2D eigenvalue weighted by Gasteiger charge is 2.26. The number of carbonyl (C=O) groups is 2. The van der Waals surface area contributed by atoms with Crippen LogP contribution in [0.3, 0.4) is 0 Å². The molecule has 2 heterocycles. The molecule has 0 aliphatic rings. The van der Waals surface area contributed by atoms with Crippen molar-refractivity contribution < 1.29 is 18.7 Å². The van der Waals surface area contributed by atoms with E-state index in [9.17, 15) is 23.6 Å². The van der Waals surface area contributed by atoms with Crippen LogP contribution in [-0.2, 0) is 11.3 Å². The summed E-state index contributed by atoms with van der Waals surface area (Å²) < 4.78 is 21.8. The second-order valence-corrected chi connectivity index (χ2v) is 9.87. The minimum Gasteiger partial charge on any atom is -0.496 e. The molecule has 8 nitrogen and oxygen atoms in total. The largest absolute Gasteiger partial charge is 0.496 e. The summed E-state index contributed by atoms with van der Waals surface area (Å²) in [6, 6.07) is 2.46. The van der Waals surface area contributed by atoms with Gasteiger partial charge >= 0.3 is 5.69 Å². The Morgan fingerprint density at radius 2 is 2.00 bits per heavy atom. The fraction of sp³-hybridized carbons (Fsp3) is 0.333. The van der Waals surface area contributed by atoms with Crippen LogP contribution in [0.4, 0.5) is 4.39 Å². The van der Waals surface area contributed by atoms with Crippen LogP contribution in [0.2, 0.25) is 0 Å². The summed E-state index contributed by atoms with van der Waals surface area (Å²) in [5.74, 6) is -1.51. The first kappa shape index (κ1) is 24.1. The normalized spacial score (nSPS) is 12.1. The Bertz CT molecular complexity index is 1340. The number of benzene rings is 1. The zero-order chi connectivity index (χ0) is 23.7. The van der Waals surface area contributed by atoms with Gasteiger partial charge in [0.2, 0.25) is 5.91 Å². The van der Waals surface area contributed by atoms with Gasteiger partial charge < -0.3 is 10.1 Å². The third-order valence-corrected chi connectivity index (χ3v) is 7.64. The molecule has 0 aliphatic heterocycles. The van der Waals surface area contributed by atoms with E-state index in [0.29, 0.717) is 16.9 Å². The molecule has 0 bridgehead atoms. The van der Waals surface area contributed by atoms with Gasteiger partial charge in [-0.3, -0.25) is 19.0 Å². The van der Waals surface area contributed by atoms with E-state index >= 15 is 0 Å². The van der Waals surface area contributed by atoms with Crippen molar-refractivity contribution in [1.82, 2.24) is 14.5 Å². The lowest BCUT2D eigenvalue weighted by Crippen LogP contribution is -2.46. The summed E-state index contributed by atoms with van der Waals surface area (Å²) in [4.78, 5) is 52.4. The average Bonchev–Trinajstić information content (AvgIpc) is 3.05. The Morgan fingerprint density at radius 1 is 1.31 bits per heavy atom. The maximum absolute atomic E-state index is 13.8. The van der Waals surface area contributed by atoms with Gasteiger partial charge in [0.25, 0.3) is 5.56 Å². The lowest BCUT2D eigenvalue weighted by atomic mass is 10.1. The standard InChI is InChI=1S/C21H21FIN3O5S/c1-5-24-18(28)11(3)26-19(29)16-10(2)17(23)32-20(16)25(21(26)30)9-14(27)13-8-12(22)6-7-15(13)31-4/h6-8,11H,5,9H2,1-4H3,(H,24,28)/t11-/m1/s1. The molecular weight excluding hydrogens is 552 g/mol. The Hall–Kier alpha value is -2.54. The summed E-state index contributed by atoms with van der Waals surface area (Å²) in [5, 5.41) is 2.88. The third kappa shape index (κ3) is 4.22. The molecule has 0 unspecified atom stereocenters. The molecule has 0 saturated carbocycles. The summed E-state index contributed by atoms with van der Waals surface area (Å²) in [6.45, 7) is 4.81. The number of fused-ring (bicyclic) bond motifs is 1. The van der Waals surface area contributed by atoms with Gasteiger partial charge in [0.15, 0.2) is 5.78 Å². The van der Waals surface area contributed by atoms with Crippen LogP contribution >= 0.6 is 33.9 Å². The zero-order valence-electron chi connectivity index (χ0n) is 17.8. The maximum Gasteiger partial charge on any atom is 0.333 e. The summed E-state index contributed by atoms with van der Waals surface area (Å²) >= 11 is 3.26. The number of aryl methyl sites for hydroxylation is 1. The number of amides is 1. The number of ether oxygens (including phenoxy) is 1. The summed E-state index contributed by atoms with van der Waals surface area (Å²) in [7, 11) is 1.35. The Labute approximate surface area is 200 Å². The molecule has 1 N–H and O–H groups in total. The molecule has 0 fully saturated rings. The van der Waals surface area contributed by atoms with Gasteiger partial charge in [-0.2, -0.15) is 0 Å². The molecule has 1 aromatic carbocycles. The average molecular weight is 573 g/mol. The van der Waals surface area contributed by atoms with Crippen molar-refractivity contribution in [2.75, 3.05) is 13.7 Å². The van der Waals surface area contributed by atoms with E-state index in [1.54, 1.807) is 13.8 Å². The number of likely N-dealkylation sites (N-methyl/N-ethyl adjacent to an activating group) is 1. The van der Waals surface area contributed by atoms with E-state index in [1.807, 2.05) is 0 Å². The topological polar surface area (TPSA) is 99.4 Å².